The maximum atomic E-state index is 13.8. The van der Waals surface area contributed by atoms with Crippen LogP contribution < -0.4 is 4.90 Å². The number of carbonyl (C=O) groups is 1. The Morgan fingerprint density at radius 2 is 2.17 bits per heavy atom. The number of amides is 2. The first kappa shape index (κ1) is 12.7. The van der Waals surface area contributed by atoms with Crippen molar-refractivity contribution in [2.45, 2.75) is 25.7 Å². The third-order valence-corrected chi connectivity index (χ3v) is 2.78. The molecule has 0 spiro atoms. The van der Waals surface area contributed by atoms with Crippen molar-refractivity contribution in [2.24, 2.45) is 0 Å². The predicted octanol–water partition coefficient (Wildman–Crippen LogP) is 0.871. The van der Waals surface area contributed by atoms with Crippen LogP contribution in [0.4, 0.5) is 15.0 Å². The average Bonchev–Trinajstić information content (AvgIpc) is 2.52. The van der Waals surface area contributed by atoms with E-state index in [1.54, 1.807) is 7.05 Å². The average molecular weight is 254 g/mol. The maximum absolute atomic E-state index is 13.8. The number of anilines is 1. The van der Waals surface area contributed by atoms with Crippen LogP contribution in [0.5, 0.6) is 0 Å². The topological polar surface area (TPSA) is 69.6 Å². The summed E-state index contributed by atoms with van der Waals surface area (Å²) in [6, 6.07) is 1.00. The van der Waals surface area contributed by atoms with Gasteiger partial charge in [-0.2, -0.15) is 0 Å². The van der Waals surface area contributed by atoms with Gasteiger partial charge < -0.3 is 10.0 Å². The van der Waals surface area contributed by atoms with E-state index < -0.39 is 11.9 Å². The molecule has 98 valence electrons. The summed E-state index contributed by atoms with van der Waals surface area (Å²) in [6.07, 6.45) is 0.206. The van der Waals surface area contributed by atoms with Crippen molar-refractivity contribution in [1.29, 1.82) is 0 Å². The second kappa shape index (κ2) is 4.16. The molecular formula is C11H15FN4O2. The number of halogens is 1. The van der Waals surface area contributed by atoms with Gasteiger partial charge in [-0.3, -0.25) is 0 Å². The molecule has 1 fully saturated rings. The lowest BCUT2D eigenvalue weighted by molar-refractivity contribution is 0.182. The molecule has 0 saturated carbocycles. The van der Waals surface area contributed by atoms with E-state index in [0.29, 0.717) is 0 Å². The molecule has 0 radical (unpaired) electrons. The molecule has 1 aromatic heterocycles. The molecule has 1 saturated heterocycles. The number of hydrogen-bond donors (Lipinski definition) is 1. The number of urea groups is 1. The van der Waals surface area contributed by atoms with Crippen LogP contribution in [0.2, 0.25) is 0 Å². The fourth-order valence-corrected chi connectivity index (χ4v) is 1.77. The summed E-state index contributed by atoms with van der Waals surface area (Å²) < 4.78 is 13.8. The molecule has 1 N–H and O–H groups in total. The lowest BCUT2D eigenvalue weighted by Gasteiger charge is -2.20. The van der Waals surface area contributed by atoms with E-state index in [4.69, 9.17) is 0 Å². The summed E-state index contributed by atoms with van der Waals surface area (Å²) in [7, 11) is 1.58. The van der Waals surface area contributed by atoms with Gasteiger partial charge >= 0.3 is 6.03 Å². The van der Waals surface area contributed by atoms with Gasteiger partial charge in [-0.25, -0.2) is 24.1 Å². The fourth-order valence-electron chi connectivity index (χ4n) is 1.77. The van der Waals surface area contributed by atoms with Gasteiger partial charge in [-0.15, -0.1) is 0 Å². The van der Waals surface area contributed by atoms with Gasteiger partial charge in [0.2, 0.25) is 0 Å². The Hall–Kier alpha value is -1.76. The third kappa shape index (κ3) is 2.13. The number of likely N-dealkylation sites (N-methyl/N-ethyl adjacent to an activating group) is 1. The third-order valence-electron chi connectivity index (χ3n) is 2.78. The number of nitrogens with zero attached hydrogens (tertiary/aromatic N) is 4. The summed E-state index contributed by atoms with van der Waals surface area (Å²) in [5, 5.41) is 9.79. The van der Waals surface area contributed by atoms with Crippen molar-refractivity contribution in [3.63, 3.8) is 0 Å². The quantitative estimate of drug-likeness (QED) is 0.850. The normalized spacial score (nSPS) is 20.7. The van der Waals surface area contributed by atoms with E-state index in [1.807, 2.05) is 0 Å². The van der Waals surface area contributed by atoms with Crippen molar-refractivity contribution < 1.29 is 14.3 Å². The Kier molecular flexibility index (Phi) is 2.94. The smallest absolute Gasteiger partial charge is 0.327 e. The van der Waals surface area contributed by atoms with Gasteiger partial charge in [0.25, 0.3) is 0 Å². The number of alkyl halides is 1. The molecule has 1 unspecified atom stereocenters. The molecule has 1 aliphatic rings. The molecule has 0 bridgehead atoms. The highest BCUT2D eigenvalue weighted by molar-refractivity contribution is 5.93. The first-order chi connectivity index (χ1) is 8.30. The summed E-state index contributed by atoms with van der Waals surface area (Å²) in [5.74, 6) is 0.201. The van der Waals surface area contributed by atoms with Crippen molar-refractivity contribution in [3.05, 3.63) is 18.1 Å². The zero-order valence-electron chi connectivity index (χ0n) is 10.5. The summed E-state index contributed by atoms with van der Waals surface area (Å²) in [6.45, 7) is 2.93. The minimum atomic E-state index is -1.63. The molecule has 2 amide bonds. The van der Waals surface area contributed by atoms with Crippen LogP contribution >= 0.6 is 0 Å². The lowest BCUT2D eigenvalue weighted by Crippen LogP contribution is -2.35. The Labute approximate surface area is 104 Å². The minimum Gasteiger partial charge on any atom is -0.371 e. The van der Waals surface area contributed by atoms with E-state index in [-0.39, 0.29) is 24.1 Å². The molecule has 1 aliphatic heterocycles. The molecule has 6 nitrogen and oxygen atoms in total. The molecule has 2 rings (SSSR count). The molecule has 2 heterocycles. The van der Waals surface area contributed by atoms with Crippen LogP contribution in [0.15, 0.2) is 12.4 Å². The number of hydrogen-bond acceptors (Lipinski definition) is 4. The highest BCUT2D eigenvalue weighted by Crippen LogP contribution is 2.27. The summed E-state index contributed by atoms with van der Waals surface area (Å²) in [5.41, 5.74) is -1.46. The van der Waals surface area contributed by atoms with E-state index in [9.17, 15) is 14.3 Å². The molecule has 0 aliphatic carbocycles. The second-order valence-electron chi connectivity index (χ2n) is 4.75. The van der Waals surface area contributed by atoms with Crippen LogP contribution in [0.1, 0.15) is 19.5 Å². The Morgan fingerprint density at radius 1 is 1.50 bits per heavy atom. The lowest BCUT2D eigenvalue weighted by atomic mass is 10.1. The second-order valence-corrected chi connectivity index (χ2v) is 4.75. The summed E-state index contributed by atoms with van der Waals surface area (Å²) >= 11 is 0. The monoisotopic (exact) mass is 254 g/mol. The first-order valence-electron chi connectivity index (χ1n) is 5.54. The number of aromatic nitrogens is 2. The highest BCUT2D eigenvalue weighted by atomic mass is 19.1. The predicted molar refractivity (Wildman–Crippen MR) is 62.7 cm³/mol. The molecule has 18 heavy (non-hydrogen) atoms. The molecule has 1 atom stereocenters. The van der Waals surface area contributed by atoms with Gasteiger partial charge in [0, 0.05) is 13.1 Å². The van der Waals surface area contributed by atoms with Gasteiger partial charge in [0.05, 0.1) is 12.2 Å². The van der Waals surface area contributed by atoms with Gasteiger partial charge in [-0.1, -0.05) is 0 Å². The van der Waals surface area contributed by atoms with Crippen LogP contribution in [0, 0.1) is 0 Å². The molecular weight excluding hydrogens is 239 g/mol. The van der Waals surface area contributed by atoms with Crippen LogP contribution in [-0.4, -0.2) is 45.8 Å². The summed E-state index contributed by atoms with van der Waals surface area (Å²) in [4.78, 5) is 22.0. The maximum Gasteiger partial charge on any atom is 0.327 e. The molecule has 7 heteroatoms. The molecule has 0 aromatic carbocycles. The largest absolute Gasteiger partial charge is 0.371 e. The van der Waals surface area contributed by atoms with Gasteiger partial charge in [0.15, 0.2) is 6.23 Å². The van der Waals surface area contributed by atoms with Crippen LogP contribution in [0.25, 0.3) is 0 Å². The Morgan fingerprint density at radius 3 is 2.67 bits per heavy atom. The molecule has 1 aromatic rings. The zero-order chi connectivity index (χ0) is 13.5. The van der Waals surface area contributed by atoms with Crippen molar-refractivity contribution in [2.75, 3.05) is 18.5 Å². The first-order valence-corrected chi connectivity index (χ1v) is 5.54. The van der Waals surface area contributed by atoms with Crippen LogP contribution in [0.3, 0.4) is 0 Å². The Balaban J connectivity index is 2.37. The minimum absolute atomic E-state index is 0.169. The van der Waals surface area contributed by atoms with Crippen molar-refractivity contribution in [3.8, 4) is 0 Å². The Bertz CT molecular complexity index is 474. The number of aliphatic hydroxyl groups excluding tert-OH is 1. The number of aliphatic hydroxyl groups is 1. The fraction of sp³-hybridized carbons (Fsp3) is 0.545. The van der Waals surface area contributed by atoms with E-state index >= 15 is 0 Å². The van der Waals surface area contributed by atoms with E-state index in [1.165, 1.54) is 31.1 Å². The zero-order valence-corrected chi connectivity index (χ0v) is 10.5. The number of β-amino-alcohol motifs (C(OH)–C–C–N with tert-alkyl or cyclic N) is 1. The SMILES string of the molecule is CN1CC(O)N(c2cc(C(C)(C)F)ncn2)C1=O. The number of rotatable bonds is 2. The van der Waals surface area contributed by atoms with Gasteiger partial charge in [0.1, 0.15) is 17.8 Å². The highest BCUT2D eigenvalue weighted by Gasteiger charge is 2.36. The van der Waals surface area contributed by atoms with E-state index in [2.05, 4.69) is 9.97 Å². The standard InChI is InChI=1S/C11H15FN4O2/c1-11(2,12)7-4-8(14-6-13-7)16-9(17)5-15(3)10(16)18/h4,6,9,17H,5H2,1-3H3. The van der Waals surface area contributed by atoms with Crippen molar-refractivity contribution in [1.82, 2.24) is 14.9 Å². The number of carbonyl (C=O) groups excluding carboxylic acids is 1. The van der Waals surface area contributed by atoms with Crippen molar-refractivity contribution >= 4 is 11.8 Å². The van der Waals surface area contributed by atoms with E-state index in [0.717, 1.165) is 4.90 Å². The van der Waals surface area contributed by atoms with Gasteiger partial charge in [-0.05, 0) is 13.8 Å². The van der Waals surface area contributed by atoms with Crippen LogP contribution in [-0.2, 0) is 5.67 Å².